The molecule has 4 heteroatoms. The number of nitrogens with zero attached hydrogens (tertiary/aromatic N) is 3. The lowest BCUT2D eigenvalue weighted by Gasteiger charge is -2.19. The smallest absolute Gasteiger partial charge is 0.151 e. The molecule has 2 saturated carbocycles. The normalized spacial score (nSPS) is 24.0. The molecule has 1 aromatic heterocycles. The zero-order valence-electron chi connectivity index (χ0n) is 14.1. The lowest BCUT2D eigenvalue weighted by molar-refractivity contribution is 0.463. The van der Waals surface area contributed by atoms with Gasteiger partial charge in [-0.05, 0) is 48.3 Å². The predicted molar refractivity (Wildman–Crippen MR) is 88.7 cm³/mol. The molecule has 2 fully saturated rings. The van der Waals surface area contributed by atoms with Gasteiger partial charge in [0.25, 0.3) is 0 Å². The van der Waals surface area contributed by atoms with Crippen LogP contribution >= 0.6 is 0 Å². The molecule has 0 bridgehead atoms. The summed E-state index contributed by atoms with van der Waals surface area (Å²) in [6.45, 7) is 6.61. The van der Waals surface area contributed by atoms with Crippen LogP contribution in [0.15, 0.2) is 24.3 Å². The molecule has 23 heavy (non-hydrogen) atoms. The Morgan fingerprint density at radius 2 is 1.83 bits per heavy atom. The van der Waals surface area contributed by atoms with Crippen molar-refractivity contribution in [1.29, 1.82) is 0 Å². The van der Waals surface area contributed by atoms with E-state index in [0.29, 0.717) is 6.42 Å². The SMILES string of the molecule is CC(C)(C)c1ccc(-n2nc(CC3CC3)nc2[C@@H]2C[C@H]2F)cc1. The maximum absolute atomic E-state index is 13.6. The van der Waals surface area contributed by atoms with Gasteiger partial charge in [0, 0.05) is 6.42 Å². The molecule has 1 aromatic carbocycles. The zero-order chi connectivity index (χ0) is 16.2. The van der Waals surface area contributed by atoms with Crippen LogP contribution in [0.1, 0.15) is 63.2 Å². The highest BCUT2D eigenvalue weighted by molar-refractivity contribution is 5.38. The van der Waals surface area contributed by atoms with Gasteiger partial charge in [-0.2, -0.15) is 5.10 Å². The summed E-state index contributed by atoms with van der Waals surface area (Å²) in [5, 5.41) is 4.69. The molecule has 2 aromatic rings. The molecule has 122 valence electrons. The number of alkyl halides is 1. The molecule has 0 unspecified atom stereocenters. The minimum Gasteiger partial charge on any atom is -0.247 e. The number of rotatable bonds is 4. The molecule has 0 N–H and O–H groups in total. The highest BCUT2D eigenvalue weighted by atomic mass is 19.1. The third kappa shape index (κ3) is 3.04. The second kappa shape index (κ2) is 5.15. The van der Waals surface area contributed by atoms with E-state index < -0.39 is 6.17 Å². The molecular weight excluding hydrogens is 289 g/mol. The summed E-state index contributed by atoms with van der Waals surface area (Å²) in [5.41, 5.74) is 2.40. The maximum Gasteiger partial charge on any atom is 0.151 e. The van der Waals surface area contributed by atoms with Crippen LogP contribution in [0.5, 0.6) is 0 Å². The second-order valence-electron chi connectivity index (χ2n) is 8.10. The molecule has 0 amide bonds. The van der Waals surface area contributed by atoms with Crippen LogP contribution in [-0.2, 0) is 11.8 Å². The predicted octanol–water partition coefficient (Wildman–Crippen LogP) is 4.34. The summed E-state index contributed by atoms with van der Waals surface area (Å²) in [5.74, 6) is 2.35. The number of aromatic nitrogens is 3. The Hall–Kier alpha value is -1.71. The Morgan fingerprint density at radius 3 is 2.35 bits per heavy atom. The second-order valence-corrected chi connectivity index (χ2v) is 8.10. The van der Waals surface area contributed by atoms with E-state index in [1.807, 2.05) is 4.68 Å². The Morgan fingerprint density at radius 1 is 1.17 bits per heavy atom. The molecular formula is C19H24FN3. The molecule has 0 aliphatic heterocycles. The van der Waals surface area contributed by atoms with Crippen molar-refractivity contribution < 1.29 is 4.39 Å². The van der Waals surface area contributed by atoms with Gasteiger partial charge in [0.05, 0.1) is 11.6 Å². The fourth-order valence-corrected chi connectivity index (χ4v) is 3.00. The topological polar surface area (TPSA) is 30.7 Å². The van der Waals surface area contributed by atoms with Gasteiger partial charge < -0.3 is 0 Å². The zero-order valence-corrected chi connectivity index (χ0v) is 14.1. The van der Waals surface area contributed by atoms with Gasteiger partial charge in [-0.15, -0.1) is 0 Å². The molecule has 2 atom stereocenters. The van der Waals surface area contributed by atoms with Crippen LogP contribution in [0.4, 0.5) is 4.39 Å². The van der Waals surface area contributed by atoms with Crippen molar-refractivity contribution in [3.05, 3.63) is 41.5 Å². The minimum atomic E-state index is -0.749. The van der Waals surface area contributed by atoms with Gasteiger partial charge in [-0.3, -0.25) is 0 Å². The first-order valence-corrected chi connectivity index (χ1v) is 8.62. The number of halogens is 1. The van der Waals surface area contributed by atoms with Crippen LogP contribution in [0.25, 0.3) is 5.69 Å². The van der Waals surface area contributed by atoms with E-state index >= 15 is 0 Å². The quantitative estimate of drug-likeness (QED) is 0.840. The molecule has 0 spiro atoms. The molecule has 4 rings (SSSR count). The van der Waals surface area contributed by atoms with Gasteiger partial charge in [0.2, 0.25) is 0 Å². The Balaban J connectivity index is 1.67. The van der Waals surface area contributed by atoms with E-state index in [-0.39, 0.29) is 11.3 Å². The standard InChI is InChI=1S/C19H24FN3/c1-19(2,3)13-6-8-14(9-7-13)23-18(15-11-16(15)20)21-17(22-23)10-12-4-5-12/h6-9,12,15-16H,4-5,10-11H2,1-3H3/t15-,16-/m1/s1. The maximum atomic E-state index is 13.6. The summed E-state index contributed by atoms with van der Waals surface area (Å²) >= 11 is 0. The largest absolute Gasteiger partial charge is 0.247 e. The van der Waals surface area contributed by atoms with E-state index in [0.717, 1.165) is 29.7 Å². The fraction of sp³-hybridized carbons (Fsp3) is 0.579. The summed E-state index contributed by atoms with van der Waals surface area (Å²) in [7, 11) is 0. The van der Waals surface area contributed by atoms with E-state index in [2.05, 4.69) is 55.1 Å². The van der Waals surface area contributed by atoms with Gasteiger partial charge in [0.1, 0.15) is 12.0 Å². The van der Waals surface area contributed by atoms with Crippen molar-refractivity contribution in [3.63, 3.8) is 0 Å². The van der Waals surface area contributed by atoms with E-state index in [1.165, 1.54) is 18.4 Å². The average molecular weight is 313 g/mol. The number of hydrogen-bond donors (Lipinski definition) is 0. The molecule has 2 aliphatic rings. The first kappa shape index (κ1) is 14.9. The van der Waals surface area contributed by atoms with Gasteiger partial charge in [-0.1, -0.05) is 32.9 Å². The van der Waals surface area contributed by atoms with Gasteiger partial charge in [-0.25, -0.2) is 14.1 Å². The lowest BCUT2D eigenvalue weighted by Crippen LogP contribution is -2.11. The van der Waals surface area contributed by atoms with Crippen LogP contribution in [0.3, 0.4) is 0 Å². The van der Waals surface area contributed by atoms with Gasteiger partial charge in [0.15, 0.2) is 5.82 Å². The fourth-order valence-electron chi connectivity index (χ4n) is 3.00. The summed E-state index contributed by atoms with van der Waals surface area (Å²) in [4.78, 5) is 4.66. The van der Waals surface area contributed by atoms with E-state index in [1.54, 1.807) is 0 Å². The van der Waals surface area contributed by atoms with Gasteiger partial charge >= 0.3 is 0 Å². The lowest BCUT2D eigenvalue weighted by atomic mass is 9.87. The Labute approximate surface area is 136 Å². The van der Waals surface area contributed by atoms with Crippen LogP contribution in [0, 0.1) is 5.92 Å². The first-order valence-electron chi connectivity index (χ1n) is 8.62. The monoisotopic (exact) mass is 313 g/mol. The summed E-state index contributed by atoms with van der Waals surface area (Å²) in [6, 6.07) is 8.44. The highest BCUT2D eigenvalue weighted by Crippen LogP contribution is 2.43. The van der Waals surface area contributed by atoms with E-state index in [9.17, 15) is 4.39 Å². The first-order chi connectivity index (χ1) is 10.9. The summed E-state index contributed by atoms with van der Waals surface area (Å²) in [6.07, 6.45) is 3.32. The highest BCUT2D eigenvalue weighted by Gasteiger charge is 2.43. The number of benzene rings is 1. The Bertz CT molecular complexity index is 707. The Kier molecular flexibility index (Phi) is 3.33. The molecule has 0 saturated heterocycles. The van der Waals surface area contributed by atoms with Crippen molar-refractivity contribution in [2.24, 2.45) is 5.92 Å². The minimum absolute atomic E-state index is 0.0715. The van der Waals surface area contributed by atoms with Crippen molar-refractivity contribution in [2.75, 3.05) is 0 Å². The van der Waals surface area contributed by atoms with Crippen molar-refractivity contribution in [2.45, 2.75) is 64.0 Å². The molecule has 0 radical (unpaired) electrons. The third-order valence-electron chi connectivity index (χ3n) is 4.87. The molecule has 2 aliphatic carbocycles. The molecule has 1 heterocycles. The van der Waals surface area contributed by atoms with Crippen LogP contribution < -0.4 is 0 Å². The third-order valence-corrected chi connectivity index (χ3v) is 4.87. The van der Waals surface area contributed by atoms with Crippen LogP contribution in [0.2, 0.25) is 0 Å². The summed E-state index contributed by atoms with van der Waals surface area (Å²) < 4.78 is 15.4. The van der Waals surface area contributed by atoms with Crippen molar-refractivity contribution in [3.8, 4) is 5.69 Å². The van der Waals surface area contributed by atoms with Crippen LogP contribution in [-0.4, -0.2) is 20.9 Å². The molecule has 3 nitrogen and oxygen atoms in total. The number of hydrogen-bond acceptors (Lipinski definition) is 2. The average Bonchev–Trinajstić information content (AvgIpc) is 3.39. The van der Waals surface area contributed by atoms with Crippen molar-refractivity contribution in [1.82, 2.24) is 14.8 Å². The van der Waals surface area contributed by atoms with Crippen molar-refractivity contribution >= 4 is 0 Å². The van der Waals surface area contributed by atoms with E-state index in [4.69, 9.17) is 0 Å².